The first-order valence-electron chi connectivity index (χ1n) is 21.7. The van der Waals surface area contributed by atoms with Gasteiger partial charge in [0.15, 0.2) is 0 Å². The van der Waals surface area contributed by atoms with Crippen molar-refractivity contribution < 1.29 is 37.1 Å². The molecule has 1 saturated carbocycles. The zero-order valence-electron chi connectivity index (χ0n) is 36.3. The van der Waals surface area contributed by atoms with E-state index in [1.807, 2.05) is 35.9 Å². The first-order chi connectivity index (χ1) is 30.7. The number of rotatable bonds is 12. The number of aromatic nitrogens is 4. The first-order valence-corrected chi connectivity index (χ1v) is 24.6. The van der Waals surface area contributed by atoms with Crippen LogP contribution < -0.4 is 10.6 Å². The number of imidazole rings is 2. The van der Waals surface area contributed by atoms with E-state index >= 15 is 0 Å². The van der Waals surface area contributed by atoms with Gasteiger partial charge < -0.3 is 39.9 Å². The molecule has 2 aliphatic heterocycles. The van der Waals surface area contributed by atoms with Gasteiger partial charge in [-0.25, -0.2) is 28.0 Å². The molecule has 18 heteroatoms. The van der Waals surface area contributed by atoms with Crippen molar-refractivity contribution in [2.45, 2.75) is 82.6 Å². The summed E-state index contributed by atoms with van der Waals surface area (Å²) in [5.41, 5.74) is 5.52. The molecule has 1 aliphatic carbocycles. The van der Waals surface area contributed by atoms with Crippen molar-refractivity contribution >= 4 is 76.4 Å². The molecule has 3 fully saturated rings. The third kappa shape index (κ3) is 8.28. The maximum absolute atomic E-state index is 14.1. The number of benzene rings is 3. The van der Waals surface area contributed by atoms with E-state index in [9.17, 15) is 27.6 Å². The number of methoxy groups -OCH3 is 2. The predicted molar refractivity (Wildman–Crippen MR) is 244 cm³/mol. The van der Waals surface area contributed by atoms with Crippen molar-refractivity contribution in [2.24, 2.45) is 11.8 Å². The summed E-state index contributed by atoms with van der Waals surface area (Å²) in [6, 6.07) is 16.7. The SMILES string of the molecule is COC(=O)N[C@@H](CCS(C)(=O)=O)C(=O)N1C(c2nc3ccc(-c4ccc5c(c4)sc4cc(-c6cnc([C@@H]7CCCN7C(=O)[C@@H](NC(=O)OC)C(C)C)[nH]6)ccc45)cc3[nH]2)[C@H]2CC[C@@H]1C2. The average molecular weight is 909 g/mol. The molecule has 0 spiro atoms. The van der Waals surface area contributed by atoms with E-state index in [0.717, 1.165) is 91.9 Å². The predicted octanol–water partition coefficient (Wildman–Crippen LogP) is 7.24. The third-order valence-electron chi connectivity index (χ3n) is 13.1. The number of alkyl carbamates (subject to hydrolysis) is 2. The molecule has 9 rings (SSSR count). The minimum Gasteiger partial charge on any atom is -0.453 e. The van der Waals surface area contributed by atoms with Crippen molar-refractivity contribution in [3.8, 4) is 22.4 Å². The number of sulfone groups is 1. The van der Waals surface area contributed by atoms with Gasteiger partial charge in [0.2, 0.25) is 11.8 Å². The number of likely N-dealkylation sites (tertiary alicyclic amines) is 2. The highest BCUT2D eigenvalue weighted by Crippen LogP contribution is 2.50. The monoisotopic (exact) mass is 908 g/mol. The van der Waals surface area contributed by atoms with Gasteiger partial charge in [-0.3, -0.25) is 9.59 Å². The van der Waals surface area contributed by atoms with E-state index in [2.05, 4.69) is 69.1 Å². The lowest BCUT2D eigenvalue weighted by Crippen LogP contribution is -2.52. The number of carbonyl (C=O) groups is 4. The Kier molecular flexibility index (Phi) is 11.6. The summed E-state index contributed by atoms with van der Waals surface area (Å²) in [6.07, 6.45) is 5.65. The summed E-state index contributed by atoms with van der Waals surface area (Å²) in [5.74, 6) is 0.723. The van der Waals surface area contributed by atoms with Crippen LogP contribution >= 0.6 is 11.3 Å². The van der Waals surface area contributed by atoms with Crippen molar-refractivity contribution in [3.63, 3.8) is 0 Å². The largest absolute Gasteiger partial charge is 0.453 e. The standard InChI is InChI=1S/C46H52N8O8S2/c1-24(2)39(52-46(58)62-4)44(56)53-17-6-7-36(53)41-47-23-35(50-41)27-10-14-31-30-13-9-26(21-37(30)63-38(31)22-27)25-11-15-32-34(20-25)49-42(48-32)40-28-8-12-29(19-28)54(40)43(55)33(51-45(57)61-3)16-18-64(5,59)60/h9-11,13-15,20-24,28-29,33,36,39-40H,6-8,12,16-19H2,1-5H3,(H,47,50)(H,48,49)(H,51,57)(H,52,58)/t28-,29+,33-,36-,39-,40?/m0/s1. The van der Waals surface area contributed by atoms with E-state index in [0.29, 0.717) is 18.2 Å². The summed E-state index contributed by atoms with van der Waals surface area (Å²) < 4.78 is 35.9. The molecule has 4 amide bonds. The number of ether oxygens (including phenoxy) is 2. The Bertz CT molecular complexity index is 2910. The summed E-state index contributed by atoms with van der Waals surface area (Å²) in [7, 11) is -0.889. The van der Waals surface area contributed by atoms with Crippen LogP contribution in [0.15, 0.2) is 60.8 Å². The maximum Gasteiger partial charge on any atom is 0.407 e. The summed E-state index contributed by atoms with van der Waals surface area (Å²) >= 11 is 1.72. The molecule has 336 valence electrons. The number of thiophene rings is 1. The number of aromatic amines is 2. The number of fused-ring (bicyclic) bond motifs is 6. The van der Waals surface area contributed by atoms with Gasteiger partial charge in [0.05, 0.1) is 55.0 Å². The van der Waals surface area contributed by atoms with Crippen LogP contribution in [-0.4, -0.2) is 113 Å². The van der Waals surface area contributed by atoms with E-state index < -0.39 is 34.1 Å². The Labute approximate surface area is 374 Å². The molecular weight excluding hydrogens is 857 g/mol. The molecule has 1 unspecified atom stereocenters. The van der Waals surface area contributed by atoms with Crippen LogP contribution in [0.1, 0.15) is 76.1 Å². The topological polar surface area (TPSA) is 209 Å². The average Bonchev–Trinajstić information content (AvgIpc) is 4.14. The fraction of sp³-hybridized carbons (Fsp3) is 0.435. The zero-order chi connectivity index (χ0) is 45.0. The van der Waals surface area contributed by atoms with E-state index in [1.54, 1.807) is 11.3 Å². The lowest BCUT2D eigenvalue weighted by molar-refractivity contribution is -0.138. The van der Waals surface area contributed by atoms with Crippen LogP contribution in [0.25, 0.3) is 53.6 Å². The second-order valence-corrected chi connectivity index (χ2v) is 21.0. The van der Waals surface area contributed by atoms with Gasteiger partial charge in [-0.05, 0) is 85.8 Å². The highest BCUT2D eigenvalue weighted by Gasteiger charge is 2.51. The molecular formula is C46H52N8O8S2. The molecule has 3 aromatic heterocycles. The van der Waals surface area contributed by atoms with E-state index in [-0.39, 0.29) is 53.9 Å². The van der Waals surface area contributed by atoms with Gasteiger partial charge in [-0.2, -0.15) is 0 Å². The number of amides is 4. The number of carbonyl (C=O) groups excluding carboxylic acids is 4. The Hall–Kier alpha value is -6.01. The van der Waals surface area contributed by atoms with Crippen molar-refractivity contribution in [1.29, 1.82) is 0 Å². The van der Waals surface area contributed by atoms with Crippen LogP contribution in [0, 0.1) is 11.8 Å². The van der Waals surface area contributed by atoms with Gasteiger partial charge in [-0.15, -0.1) is 11.3 Å². The molecule has 5 heterocycles. The Morgan fingerprint density at radius 2 is 1.55 bits per heavy atom. The van der Waals surface area contributed by atoms with Crippen LogP contribution in [0.5, 0.6) is 0 Å². The van der Waals surface area contributed by atoms with Crippen LogP contribution in [0.4, 0.5) is 9.59 Å². The van der Waals surface area contributed by atoms with Crippen molar-refractivity contribution in [1.82, 2.24) is 40.4 Å². The number of hydrogen-bond acceptors (Lipinski definition) is 11. The molecule has 4 N–H and O–H groups in total. The molecule has 6 atom stereocenters. The van der Waals surface area contributed by atoms with Gasteiger partial charge in [-0.1, -0.05) is 44.2 Å². The molecule has 2 bridgehead atoms. The first kappa shape index (κ1) is 43.3. The minimum absolute atomic E-state index is 0.0328. The Balaban J connectivity index is 0.945. The van der Waals surface area contributed by atoms with Gasteiger partial charge >= 0.3 is 12.2 Å². The van der Waals surface area contributed by atoms with Crippen LogP contribution in [-0.2, 0) is 28.9 Å². The molecule has 3 aromatic carbocycles. The summed E-state index contributed by atoms with van der Waals surface area (Å²) in [5, 5.41) is 7.60. The molecule has 6 aromatic rings. The molecule has 16 nitrogen and oxygen atoms in total. The quantitative estimate of drug-likeness (QED) is 0.0968. The van der Waals surface area contributed by atoms with Crippen LogP contribution in [0.3, 0.4) is 0 Å². The molecule has 3 aliphatic rings. The summed E-state index contributed by atoms with van der Waals surface area (Å²) in [6.45, 7) is 4.38. The fourth-order valence-corrected chi connectivity index (χ4v) is 11.8. The Morgan fingerprint density at radius 3 is 2.27 bits per heavy atom. The number of piperidine rings is 1. The van der Waals surface area contributed by atoms with Crippen molar-refractivity contribution in [3.05, 3.63) is 72.4 Å². The van der Waals surface area contributed by atoms with Crippen molar-refractivity contribution in [2.75, 3.05) is 32.8 Å². The highest BCUT2D eigenvalue weighted by molar-refractivity contribution is 7.90. The molecule has 0 radical (unpaired) electrons. The normalized spacial score (nSPS) is 20.7. The second kappa shape index (κ2) is 17.2. The number of nitrogens with zero attached hydrogens (tertiary/aromatic N) is 4. The zero-order valence-corrected chi connectivity index (χ0v) is 38.0. The number of H-pyrrole nitrogens is 2. The van der Waals surface area contributed by atoms with Crippen LogP contribution in [0.2, 0.25) is 0 Å². The second-order valence-electron chi connectivity index (χ2n) is 17.6. The maximum atomic E-state index is 14.1. The molecule has 64 heavy (non-hydrogen) atoms. The third-order valence-corrected chi connectivity index (χ3v) is 15.2. The number of hydrogen-bond donors (Lipinski definition) is 4. The number of nitrogens with one attached hydrogen (secondary N) is 4. The lowest BCUT2D eigenvalue weighted by Gasteiger charge is -2.36. The highest BCUT2D eigenvalue weighted by atomic mass is 32.2. The van der Waals surface area contributed by atoms with E-state index in [4.69, 9.17) is 19.4 Å². The Morgan fingerprint density at radius 1 is 0.859 bits per heavy atom. The van der Waals surface area contributed by atoms with Gasteiger partial charge in [0, 0.05) is 44.6 Å². The van der Waals surface area contributed by atoms with Gasteiger partial charge in [0.25, 0.3) is 0 Å². The lowest BCUT2D eigenvalue weighted by atomic mass is 9.97. The van der Waals surface area contributed by atoms with E-state index in [1.165, 1.54) is 14.2 Å². The molecule has 2 saturated heterocycles. The smallest absolute Gasteiger partial charge is 0.407 e. The fourth-order valence-electron chi connectivity index (χ4n) is 9.95. The summed E-state index contributed by atoms with van der Waals surface area (Å²) in [4.78, 5) is 72.5. The van der Waals surface area contributed by atoms with Gasteiger partial charge in [0.1, 0.15) is 33.6 Å². The minimum atomic E-state index is -3.39.